The number of hydrogen-bond acceptors (Lipinski definition) is 5. The Kier molecular flexibility index (Phi) is 3.93. The zero-order chi connectivity index (χ0) is 13.1. The van der Waals surface area contributed by atoms with Crippen LogP contribution in [0.5, 0.6) is 0 Å². The smallest absolute Gasteiger partial charge is 0.163 e. The summed E-state index contributed by atoms with van der Waals surface area (Å²) in [5.74, 6) is 0.677. The Balaban J connectivity index is 2.27. The lowest BCUT2D eigenvalue weighted by Gasteiger charge is -2.37. The van der Waals surface area contributed by atoms with Crippen molar-refractivity contribution in [3.8, 4) is 0 Å². The van der Waals surface area contributed by atoms with Crippen molar-refractivity contribution in [3.05, 3.63) is 23.9 Å². The minimum atomic E-state index is -0.226. The highest BCUT2D eigenvalue weighted by Crippen LogP contribution is 2.22. The van der Waals surface area contributed by atoms with E-state index in [1.54, 1.807) is 18.3 Å². The summed E-state index contributed by atoms with van der Waals surface area (Å²) >= 11 is 0. The average molecular weight is 250 g/mol. The first kappa shape index (κ1) is 13.0. The maximum absolute atomic E-state index is 11.6. The Bertz CT molecular complexity index is 436. The minimum Gasteiger partial charge on any atom is -0.394 e. The first-order valence-corrected chi connectivity index (χ1v) is 6.09. The standard InChI is InChI=1S/C13H18N2O3/c1-9-6-15(7-11(8-16)18-9)13-12(10(2)17)4-3-5-14-13/h3-5,9,11,16H,6-8H2,1-2H3. The number of aliphatic hydroxyl groups is 1. The molecule has 1 aliphatic rings. The number of carbonyl (C=O) groups excluding carboxylic acids is 1. The van der Waals surface area contributed by atoms with E-state index >= 15 is 0 Å². The highest BCUT2D eigenvalue weighted by atomic mass is 16.5. The van der Waals surface area contributed by atoms with Crippen LogP contribution in [0.4, 0.5) is 5.82 Å². The molecule has 1 fully saturated rings. The van der Waals surface area contributed by atoms with Crippen molar-refractivity contribution >= 4 is 11.6 Å². The lowest BCUT2D eigenvalue weighted by molar-refractivity contribution is -0.0423. The molecule has 98 valence electrons. The lowest BCUT2D eigenvalue weighted by atomic mass is 10.1. The number of aliphatic hydroxyl groups excluding tert-OH is 1. The van der Waals surface area contributed by atoms with Crippen LogP contribution in [-0.2, 0) is 4.74 Å². The van der Waals surface area contributed by atoms with E-state index in [0.717, 1.165) is 0 Å². The Labute approximate surface area is 106 Å². The molecule has 18 heavy (non-hydrogen) atoms. The van der Waals surface area contributed by atoms with E-state index in [1.165, 1.54) is 6.92 Å². The molecule has 5 nitrogen and oxygen atoms in total. The number of rotatable bonds is 3. The van der Waals surface area contributed by atoms with Crippen LogP contribution in [0.1, 0.15) is 24.2 Å². The number of carbonyl (C=O) groups is 1. The van der Waals surface area contributed by atoms with Gasteiger partial charge in [-0.2, -0.15) is 0 Å². The summed E-state index contributed by atoms with van der Waals surface area (Å²) in [6, 6.07) is 3.53. The van der Waals surface area contributed by atoms with E-state index < -0.39 is 0 Å². The van der Waals surface area contributed by atoms with Gasteiger partial charge in [-0.3, -0.25) is 4.79 Å². The molecule has 0 radical (unpaired) electrons. The minimum absolute atomic E-state index is 0.00204. The third kappa shape index (κ3) is 2.68. The zero-order valence-corrected chi connectivity index (χ0v) is 10.7. The summed E-state index contributed by atoms with van der Waals surface area (Å²) in [4.78, 5) is 17.9. The largest absolute Gasteiger partial charge is 0.394 e. The van der Waals surface area contributed by atoms with Crippen molar-refractivity contribution in [3.63, 3.8) is 0 Å². The SMILES string of the molecule is CC(=O)c1cccnc1N1CC(C)OC(CO)C1. The summed E-state index contributed by atoms with van der Waals surface area (Å²) < 4.78 is 5.58. The Morgan fingerprint density at radius 1 is 1.61 bits per heavy atom. The Morgan fingerprint density at radius 2 is 2.39 bits per heavy atom. The number of pyridine rings is 1. The molecule has 0 spiro atoms. The van der Waals surface area contributed by atoms with Crippen molar-refractivity contribution in [2.45, 2.75) is 26.1 Å². The quantitative estimate of drug-likeness (QED) is 0.806. The molecule has 1 saturated heterocycles. The highest BCUT2D eigenvalue weighted by molar-refractivity contribution is 5.98. The van der Waals surface area contributed by atoms with E-state index in [9.17, 15) is 9.90 Å². The van der Waals surface area contributed by atoms with Crippen LogP contribution < -0.4 is 4.90 Å². The molecule has 2 heterocycles. The fourth-order valence-corrected chi connectivity index (χ4v) is 2.24. The predicted molar refractivity (Wildman–Crippen MR) is 67.9 cm³/mol. The molecule has 1 aromatic heterocycles. The molecule has 0 aliphatic carbocycles. The molecule has 2 atom stereocenters. The van der Waals surface area contributed by atoms with Crippen molar-refractivity contribution in [1.82, 2.24) is 4.98 Å². The average Bonchev–Trinajstić information content (AvgIpc) is 2.38. The van der Waals surface area contributed by atoms with Crippen molar-refractivity contribution in [1.29, 1.82) is 0 Å². The monoisotopic (exact) mass is 250 g/mol. The van der Waals surface area contributed by atoms with Crippen LogP contribution in [0.25, 0.3) is 0 Å². The number of aromatic nitrogens is 1. The fraction of sp³-hybridized carbons (Fsp3) is 0.538. The van der Waals surface area contributed by atoms with E-state index in [-0.39, 0.29) is 24.6 Å². The predicted octanol–water partition coefficient (Wildman–Crippen LogP) is 0.870. The van der Waals surface area contributed by atoms with Gasteiger partial charge in [-0.25, -0.2) is 4.98 Å². The Morgan fingerprint density at radius 3 is 3.06 bits per heavy atom. The van der Waals surface area contributed by atoms with Crippen molar-refractivity contribution in [2.75, 3.05) is 24.6 Å². The molecular weight excluding hydrogens is 232 g/mol. The number of hydrogen-bond donors (Lipinski definition) is 1. The second kappa shape index (κ2) is 5.46. The maximum Gasteiger partial charge on any atom is 0.163 e. The normalized spacial score (nSPS) is 24.1. The second-order valence-corrected chi connectivity index (χ2v) is 4.59. The summed E-state index contributed by atoms with van der Waals surface area (Å²) in [6.45, 7) is 4.69. The first-order valence-electron chi connectivity index (χ1n) is 6.09. The van der Waals surface area contributed by atoms with Gasteiger partial charge in [-0.15, -0.1) is 0 Å². The number of ketones is 1. The van der Waals surface area contributed by atoms with Crippen LogP contribution in [-0.4, -0.2) is 47.8 Å². The molecule has 0 saturated carbocycles. The molecule has 5 heteroatoms. The van der Waals surface area contributed by atoms with Gasteiger partial charge in [0.2, 0.25) is 0 Å². The molecule has 2 unspecified atom stereocenters. The fourth-order valence-electron chi connectivity index (χ4n) is 2.24. The zero-order valence-electron chi connectivity index (χ0n) is 10.7. The van der Waals surface area contributed by atoms with E-state index in [0.29, 0.717) is 24.5 Å². The van der Waals surface area contributed by atoms with E-state index in [1.807, 2.05) is 11.8 Å². The molecule has 0 amide bonds. The molecule has 0 aromatic carbocycles. The van der Waals surface area contributed by atoms with Gasteiger partial charge in [0.1, 0.15) is 5.82 Å². The number of morpholine rings is 1. The van der Waals surface area contributed by atoms with Gasteiger partial charge in [0.05, 0.1) is 24.4 Å². The molecule has 1 aromatic rings. The molecular formula is C13H18N2O3. The third-order valence-electron chi connectivity index (χ3n) is 3.00. The van der Waals surface area contributed by atoms with Gasteiger partial charge in [0, 0.05) is 19.3 Å². The first-order chi connectivity index (χ1) is 8.61. The Hall–Kier alpha value is -1.46. The van der Waals surface area contributed by atoms with Crippen LogP contribution in [0.2, 0.25) is 0 Å². The molecule has 2 rings (SSSR count). The van der Waals surface area contributed by atoms with Gasteiger partial charge < -0.3 is 14.7 Å². The van der Waals surface area contributed by atoms with Gasteiger partial charge in [0.25, 0.3) is 0 Å². The second-order valence-electron chi connectivity index (χ2n) is 4.59. The number of anilines is 1. The third-order valence-corrected chi connectivity index (χ3v) is 3.00. The lowest BCUT2D eigenvalue weighted by Crippen LogP contribution is -2.48. The topological polar surface area (TPSA) is 62.7 Å². The van der Waals surface area contributed by atoms with Crippen molar-refractivity contribution < 1.29 is 14.6 Å². The van der Waals surface area contributed by atoms with Gasteiger partial charge in [-0.1, -0.05) is 0 Å². The van der Waals surface area contributed by atoms with E-state index in [4.69, 9.17) is 4.74 Å². The van der Waals surface area contributed by atoms with Crippen LogP contribution in [0, 0.1) is 0 Å². The number of nitrogens with zero attached hydrogens (tertiary/aromatic N) is 2. The highest BCUT2D eigenvalue weighted by Gasteiger charge is 2.27. The van der Waals surface area contributed by atoms with Gasteiger partial charge in [-0.05, 0) is 26.0 Å². The summed E-state index contributed by atoms with van der Waals surface area (Å²) in [6.07, 6.45) is 1.46. The molecule has 1 N–H and O–H groups in total. The van der Waals surface area contributed by atoms with Crippen LogP contribution in [0.15, 0.2) is 18.3 Å². The summed E-state index contributed by atoms with van der Waals surface area (Å²) in [5.41, 5.74) is 0.614. The maximum atomic E-state index is 11.6. The summed E-state index contributed by atoms with van der Waals surface area (Å²) in [7, 11) is 0. The number of ether oxygens (including phenoxy) is 1. The summed E-state index contributed by atoms with van der Waals surface area (Å²) in [5, 5.41) is 9.21. The van der Waals surface area contributed by atoms with Crippen molar-refractivity contribution in [2.24, 2.45) is 0 Å². The van der Waals surface area contributed by atoms with Crippen LogP contribution >= 0.6 is 0 Å². The number of Topliss-reactive ketones (excluding diaryl/α,β-unsaturated/α-hetero) is 1. The molecule has 1 aliphatic heterocycles. The molecule has 0 bridgehead atoms. The van der Waals surface area contributed by atoms with Gasteiger partial charge >= 0.3 is 0 Å². The van der Waals surface area contributed by atoms with Gasteiger partial charge in [0.15, 0.2) is 5.78 Å². The van der Waals surface area contributed by atoms with E-state index in [2.05, 4.69) is 4.98 Å². The van der Waals surface area contributed by atoms with Crippen LogP contribution in [0.3, 0.4) is 0 Å².